The molecule has 1 aromatic rings. The van der Waals surface area contributed by atoms with E-state index in [1.54, 1.807) is 0 Å². The van der Waals surface area contributed by atoms with Crippen LogP contribution >= 0.6 is 0 Å². The van der Waals surface area contributed by atoms with Crippen molar-refractivity contribution >= 4 is 0 Å². The predicted octanol–water partition coefficient (Wildman–Crippen LogP) is 3.17. The molecule has 94 valence electrons. The van der Waals surface area contributed by atoms with Gasteiger partial charge in [-0.1, -0.05) is 49.4 Å². The van der Waals surface area contributed by atoms with Gasteiger partial charge in [-0.05, 0) is 24.8 Å². The Labute approximate surface area is 104 Å². The lowest BCUT2D eigenvalue weighted by atomic mass is 10.0. The molecule has 0 heterocycles. The molecule has 0 aliphatic heterocycles. The average molecular weight is 234 g/mol. The molecule has 0 aliphatic carbocycles. The van der Waals surface area contributed by atoms with Gasteiger partial charge in [0.05, 0.1) is 19.3 Å². The van der Waals surface area contributed by atoms with Crippen molar-refractivity contribution in [3.63, 3.8) is 0 Å². The van der Waals surface area contributed by atoms with E-state index in [9.17, 15) is 5.11 Å². The van der Waals surface area contributed by atoms with E-state index >= 15 is 0 Å². The van der Waals surface area contributed by atoms with Gasteiger partial charge in [-0.3, -0.25) is 0 Å². The Balaban J connectivity index is 2.22. The Bertz CT molecular complexity index is 319. The zero-order chi connectivity index (χ0) is 12.5. The molecular formula is C15H22O2. The molecule has 1 N–H and O–H groups in total. The van der Waals surface area contributed by atoms with Crippen LogP contribution in [0.1, 0.15) is 25.8 Å². The average Bonchev–Trinajstić information content (AvgIpc) is 2.37. The fourth-order valence-corrected chi connectivity index (χ4v) is 1.54. The molecule has 2 atom stereocenters. The first kappa shape index (κ1) is 13.9. The molecule has 0 aliphatic rings. The van der Waals surface area contributed by atoms with E-state index in [1.165, 1.54) is 0 Å². The van der Waals surface area contributed by atoms with Crippen LogP contribution in [0.5, 0.6) is 0 Å². The SMILES string of the molecule is C/C=C/C[C@@H](C)[C@@H](O)COCc1ccccc1. The van der Waals surface area contributed by atoms with Gasteiger partial charge in [0.1, 0.15) is 0 Å². The standard InChI is InChI=1S/C15H22O2/c1-3-4-8-13(2)15(16)12-17-11-14-9-6-5-7-10-14/h3-7,9-10,13,15-16H,8,11-12H2,1-2H3/b4-3+/t13-,15+/m1/s1. The van der Waals surface area contributed by atoms with Crippen LogP contribution in [0.15, 0.2) is 42.5 Å². The molecule has 1 aromatic carbocycles. The van der Waals surface area contributed by atoms with E-state index in [1.807, 2.05) is 50.3 Å². The predicted molar refractivity (Wildman–Crippen MR) is 70.7 cm³/mol. The van der Waals surface area contributed by atoms with Gasteiger partial charge in [0.2, 0.25) is 0 Å². The van der Waals surface area contributed by atoms with Crippen molar-refractivity contribution in [3.05, 3.63) is 48.0 Å². The fraction of sp³-hybridized carbons (Fsp3) is 0.467. The quantitative estimate of drug-likeness (QED) is 0.734. The lowest BCUT2D eigenvalue weighted by molar-refractivity contribution is 0.00276. The Morgan fingerprint density at radius 2 is 2.00 bits per heavy atom. The number of ether oxygens (including phenoxy) is 1. The van der Waals surface area contributed by atoms with Gasteiger partial charge in [0, 0.05) is 0 Å². The number of hydrogen-bond acceptors (Lipinski definition) is 2. The summed E-state index contributed by atoms with van der Waals surface area (Å²) >= 11 is 0. The molecule has 0 fully saturated rings. The third-order valence-corrected chi connectivity index (χ3v) is 2.80. The van der Waals surface area contributed by atoms with Crippen molar-refractivity contribution in [2.24, 2.45) is 5.92 Å². The molecule has 2 heteroatoms. The molecule has 0 amide bonds. The molecular weight excluding hydrogens is 212 g/mol. The number of hydrogen-bond donors (Lipinski definition) is 1. The van der Waals surface area contributed by atoms with E-state index in [2.05, 4.69) is 6.08 Å². The van der Waals surface area contributed by atoms with E-state index in [0.29, 0.717) is 13.2 Å². The molecule has 17 heavy (non-hydrogen) atoms. The largest absolute Gasteiger partial charge is 0.390 e. The van der Waals surface area contributed by atoms with Crippen molar-refractivity contribution in [1.29, 1.82) is 0 Å². The summed E-state index contributed by atoms with van der Waals surface area (Å²) in [5, 5.41) is 9.86. The maximum Gasteiger partial charge on any atom is 0.0802 e. The number of allylic oxidation sites excluding steroid dienone is 2. The van der Waals surface area contributed by atoms with Crippen LogP contribution in [-0.2, 0) is 11.3 Å². The van der Waals surface area contributed by atoms with Crippen LogP contribution in [0.3, 0.4) is 0 Å². The van der Waals surface area contributed by atoms with Gasteiger partial charge >= 0.3 is 0 Å². The maximum atomic E-state index is 9.86. The van der Waals surface area contributed by atoms with Crippen LogP contribution < -0.4 is 0 Å². The zero-order valence-electron chi connectivity index (χ0n) is 10.7. The highest BCUT2D eigenvalue weighted by Crippen LogP contribution is 2.10. The first-order valence-corrected chi connectivity index (χ1v) is 6.15. The second kappa shape index (κ2) is 8.04. The van der Waals surface area contributed by atoms with Crippen molar-refractivity contribution in [1.82, 2.24) is 0 Å². The van der Waals surface area contributed by atoms with Gasteiger partial charge < -0.3 is 9.84 Å². The first-order chi connectivity index (χ1) is 8.24. The minimum Gasteiger partial charge on any atom is -0.390 e. The van der Waals surface area contributed by atoms with Crippen LogP contribution in [0.2, 0.25) is 0 Å². The van der Waals surface area contributed by atoms with Crippen molar-refractivity contribution in [2.75, 3.05) is 6.61 Å². The van der Waals surface area contributed by atoms with E-state index in [-0.39, 0.29) is 5.92 Å². The van der Waals surface area contributed by atoms with Crippen molar-refractivity contribution in [3.8, 4) is 0 Å². The molecule has 0 saturated heterocycles. The van der Waals surface area contributed by atoms with Gasteiger partial charge in [0.15, 0.2) is 0 Å². The second-order valence-electron chi connectivity index (χ2n) is 4.35. The molecule has 0 unspecified atom stereocenters. The number of benzene rings is 1. The van der Waals surface area contributed by atoms with Crippen LogP contribution in [0.25, 0.3) is 0 Å². The summed E-state index contributed by atoms with van der Waals surface area (Å²) in [5.41, 5.74) is 1.14. The normalized spacial score (nSPS) is 15.0. The Morgan fingerprint density at radius 3 is 2.65 bits per heavy atom. The minimum atomic E-state index is -0.394. The van der Waals surface area contributed by atoms with Crippen LogP contribution in [-0.4, -0.2) is 17.8 Å². The van der Waals surface area contributed by atoms with Gasteiger partial charge in [-0.15, -0.1) is 0 Å². The number of rotatable bonds is 7. The van der Waals surface area contributed by atoms with Crippen molar-refractivity contribution < 1.29 is 9.84 Å². The topological polar surface area (TPSA) is 29.5 Å². The smallest absolute Gasteiger partial charge is 0.0802 e. The second-order valence-corrected chi connectivity index (χ2v) is 4.35. The lowest BCUT2D eigenvalue weighted by Crippen LogP contribution is -2.23. The molecule has 0 spiro atoms. The summed E-state index contributed by atoms with van der Waals surface area (Å²) in [6.45, 7) is 4.99. The number of aliphatic hydroxyl groups is 1. The molecule has 1 rings (SSSR count). The molecule has 2 nitrogen and oxygen atoms in total. The summed E-state index contributed by atoms with van der Waals surface area (Å²) in [5.74, 6) is 0.238. The molecule has 0 radical (unpaired) electrons. The third kappa shape index (κ3) is 5.66. The fourth-order valence-electron chi connectivity index (χ4n) is 1.54. The molecule has 0 saturated carbocycles. The zero-order valence-corrected chi connectivity index (χ0v) is 10.7. The lowest BCUT2D eigenvalue weighted by Gasteiger charge is -2.17. The minimum absolute atomic E-state index is 0.238. The van der Waals surface area contributed by atoms with E-state index in [4.69, 9.17) is 4.74 Å². The highest BCUT2D eigenvalue weighted by molar-refractivity contribution is 5.13. The van der Waals surface area contributed by atoms with Gasteiger partial charge in [-0.2, -0.15) is 0 Å². The monoisotopic (exact) mass is 234 g/mol. The summed E-state index contributed by atoms with van der Waals surface area (Å²) in [6, 6.07) is 10.0. The summed E-state index contributed by atoms with van der Waals surface area (Å²) in [7, 11) is 0. The highest BCUT2D eigenvalue weighted by atomic mass is 16.5. The molecule has 0 bridgehead atoms. The molecule has 0 aromatic heterocycles. The van der Waals surface area contributed by atoms with E-state index < -0.39 is 6.10 Å². The van der Waals surface area contributed by atoms with Crippen LogP contribution in [0, 0.1) is 5.92 Å². The van der Waals surface area contributed by atoms with Crippen molar-refractivity contribution in [2.45, 2.75) is 33.0 Å². The summed E-state index contributed by atoms with van der Waals surface area (Å²) < 4.78 is 5.51. The van der Waals surface area contributed by atoms with Gasteiger partial charge in [-0.25, -0.2) is 0 Å². The summed E-state index contributed by atoms with van der Waals surface area (Å²) in [4.78, 5) is 0. The Kier molecular flexibility index (Phi) is 6.60. The first-order valence-electron chi connectivity index (χ1n) is 6.15. The third-order valence-electron chi connectivity index (χ3n) is 2.80. The number of aliphatic hydroxyl groups excluding tert-OH is 1. The van der Waals surface area contributed by atoms with E-state index in [0.717, 1.165) is 12.0 Å². The highest BCUT2D eigenvalue weighted by Gasteiger charge is 2.12. The van der Waals surface area contributed by atoms with Gasteiger partial charge in [0.25, 0.3) is 0 Å². The summed E-state index contributed by atoms with van der Waals surface area (Å²) in [6.07, 6.45) is 4.58. The van der Waals surface area contributed by atoms with Crippen LogP contribution in [0.4, 0.5) is 0 Å². The Morgan fingerprint density at radius 1 is 1.29 bits per heavy atom. The maximum absolute atomic E-state index is 9.86. The Hall–Kier alpha value is -1.12.